The summed E-state index contributed by atoms with van der Waals surface area (Å²) >= 11 is 5.95. The first-order chi connectivity index (χ1) is 9.88. The summed E-state index contributed by atoms with van der Waals surface area (Å²) in [5, 5.41) is 0.156. The van der Waals surface area contributed by atoms with Crippen LogP contribution in [0.4, 0.5) is 5.69 Å². The molecule has 2 aromatic carbocycles. The predicted molar refractivity (Wildman–Crippen MR) is 85.8 cm³/mol. The molecule has 0 amide bonds. The van der Waals surface area contributed by atoms with Gasteiger partial charge in [0.1, 0.15) is 4.90 Å². The Labute approximate surface area is 130 Å². The molecule has 0 aliphatic rings. The van der Waals surface area contributed by atoms with Crippen LogP contribution >= 0.6 is 11.6 Å². The topological polar surface area (TPSA) is 72.2 Å². The summed E-state index contributed by atoms with van der Waals surface area (Å²) in [5.74, 6) is 0. The van der Waals surface area contributed by atoms with Gasteiger partial charge in [0.2, 0.25) is 10.0 Å². The zero-order chi connectivity index (χ0) is 15.5. The van der Waals surface area contributed by atoms with Crippen LogP contribution < -0.4 is 10.5 Å². The fourth-order valence-electron chi connectivity index (χ4n) is 2.06. The summed E-state index contributed by atoms with van der Waals surface area (Å²) in [5.41, 5.74) is 7.05. The third-order valence-electron chi connectivity index (χ3n) is 2.99. The number of nitrogens with two attached hydrogens (primary N) is 1. The molecule has 0 heterocycles. The Hall–Kier alpha value is -1.56. The number of sulfonamides is 1. The maximum atomic E-state index is 12.4. The van der Waals surface area contributed by atoms with Crippen molar-refractivity contribution in [2.45, 2.75) is 24.3 Å². The maximum absolute atomic E-state index is 12.4. The van der Waals surface area contributed by atoms with E-state index in [4.69, 9.17) is 17.3 Å². The van der Waals surface area contributed by atoms with Gasteiger partial charge in [0, 0.05) is 11.7 Å². The van der Waals surface area contributed by atoms with E-state index in [2.05, 4.69) is 4.72 Å². The molecular weight excluding hydrogens is 308 g/mol. The third kappa shape index (κ3) is 4.20. The number of rotatable bonds is 5. The second kappa shape index (κ2) is 6.47. The molecule has 0 aliphatic carbocycles. The lowest BCUT2D eigenvalue weighted by Crippen LogP contribution is -2.34. The van der Waals surface area contributed by atoms with Gasteiger partial charge in [0.25, 0.3) is 0 Å². The molecule has 0 aromatic heterocycles. The van der Waals surface area contributed by atoms with Gasteiger partial charge < -0.3 is 5.73 Å². The smallest absolute Gasteiger partial charge is 0.242 e. The van der Waals surface area contributed by atoms with Crippen molar-refractivity contribution < 1.29 is 8.42 Å². The first kappa shape index (κ1) is 15.8. The molecule has 4 nitrogen and oxygen atoms in total. The fourth-order valence-corrected chi connectivity index (χ4v) is 3.84. The molecular formula is C15H17ClN2O2S. The molecule has 2 aromatic rings. The highest BCUT2D eigenvalue weighted by Gasteiger charge is 2.20. The van der Waals surface area contributed by atoms with E-state index in [9.17, 15) is 8.42 Å². The van der Waals surface area contributed by atoms with Gasteiger partial charge in [-0.15, -0.1) is 0 Å². The van der Waals surface area contributed by atoms with E-state index < -0.39 is 10.0 Å². The first-order valence-corrected chi connectivity index (χ1v) is 8.36. The average Bonchev–Trinajstić information content (AvgIpc) is 2.41. The maximum Gasteiger partial charge on any atom is 0.242 e. The van der Waals surface area contributed by atoms with Crippen LogP contribution in [0.1, 0.15) is 12.5 Å². The Bertz CT molecular complexity index is 718. The van der Waals surface area contributed by atoms with Gasteiger partial charge in [-0.1, -0.05) is 41.9 Å². The molecule has 0 spiro atoms. The van der Waals surface area contributed by atoms with Gasteiger partial charge >= 0.3 is 0 Å². The quantitative estimate of drug-likeness (QED) is 0.831. The van der Waals surface area contributed by atoms with E-state index >= 15 is 0 Å². The summed E-state index contributed by atoms with van der Waals surface area (Å²) in [6.07, 6.45) is 0.597. The number of nitrogens with one attached hydrogen (secondary N) is 1. The van der Waals surface area contributed by atoms with Crippen molar-refractivity contribution in [3.63, 3.8) is 0 Å². The normalized spacial score (nSPS) is 13.0. The Balaban J connectivity index is 2.15. The lowest BCUT2D eigenvalue weighted by Gasteiger charge is -2.15. The summed E-state index contributed by atoms with van der Waals surface area (Å²) in [4.78, 5) is 0.00378. The van der Waals surface area contributed by atoms with Crippen molar-refractivity contribution in [3.8, 4) is 0 Å². The molecule has 0 saturated carbocycles. The van der Waals surface area contributed by atoms with E-state index in [1.165, 1.54) is 12.1 Å². The molecule has 3 N–H and O–H groups in total. The van der Waals surface area contributed by atoms with Crippen molar-refractivity contribution in [2.75, 3.05) is 5.73 Å². The van der Waals surface area contributed by atoms with Crippen LogP contribution in [-0.4, -0.2) is 14.5 Å². The number of halogens is 1. The Kier molecular flexibility index (Phi) is 4.88. The van der Waals surface area contributed by atoms with Gasteiger partial charge in [0.05, 0.1) is 5.02 Å². The Morgan fingerprint density at radius 3 is 2.52 bits per heavy atom. The second-order valence-corrected chi connectivity index (χ2v) is 6.99. The van der Waals surface area contributed by atoms with Gasteiger partial charge in [-0.2, -0.15) is 0 Å². The van der Waals surface area contributed by atoms with E-state index in [-0.39, 0.29) is 16.0 Å². The predicted octanol–water partition coefficient (Wildman–Crippen LogP) is 2.83. The van der Waals surface area contributed by atoms with Crippen molar-refractivity contribution in [1.29, 1.82) is 0 Å². The third-order valence-corrected chi connectivity index (χ3v) is 5.06. The standard InChI is InChI=1S/C15H17ClN2O2S/c1-11(9-12-5-3-2-4-6-12)18-21(19,20)15-10-13(17)7-8-14(15)16/h2-8,10-11,18H,9,17H2,1H3. The SMILES string of the molecule is CC(Cc1ccccc1)NS(=O)(=O)c1cc(N)ccc1Cl. The summed E-state index contributed by atoms with van der Waals surface area (Å²) in [6, 6.07) is 13.8. The van der Waals surface area contributed by atoms with Crippen LogP contribution in [-0.2, 0) is 16.4 Å². The van der Waals surface area contributed by atoms with Crippen molar-refractivity contribution in [1.82, 2.24) is 4.72 Å². The number of benzene rings is 2. The average molecular weight is 325 g/mol. The summed E-state index contributed by atoms with van der Waals surface area (Å²) in [7, 11) is -3.69. The largest absolute Gasteiger partial charge is 0.399 e. The summed E-state index contributed by atoms with van der Waals surface area (Å²) < 4.78 is 27.3. The molecule has 1 atom stereocenters. The molecule has 0 aliphatic heterocycles. The molecule has 0 fully saturated rings. The van der Waals surface area contributed by atoms with Crippen LogP contribution in [0.3, 0.4) is 0 Å². The minimum absolute atomic E-state index is 0.00378. The Morgan fingerprint density at radius 1 is 1.19 bits per heavy atom. The number of hydrogen-bond acceptors (Lipinski definition) is 3. The van der Waals surface area contributed by atoms with Gasteiger partial charge in [-0.3, -0.25) is 0 Å². The minimum Gasteiger partial charge on any atom is -0.399 e. The van der Waals surface area contributed by atoms with Crippen LogP contribution in [0.5, 0.6) is 0 Å². The molecule has 1 unspecified atom stereocenters. The highest BCUT2D eigenvalue weighted by atomic mass is 35.5. The van der Waals surface area contributed by atoms with E-state index in [0.29, 0.717) is 12.1 Å². The van der Waals surface area contributed by atoms with Gasteiger partial charge in [-0.25, -0.2) is 13.1 Å². The minimum atomic E-state index is -3.69. The van der Waals surface area contributed by atoms with Gasteiger partial charge in [-0.05, 0) is 37.1 Å². The van der Waals surface area contributed by atoms with E-state index in [1.807, 2.05) is 37.3 Å². The van der Waals surface area contributed by atoms with Crippen LogP contribution in [0, 0.1) is 0 Å². The fraction of sp³-hybridized carbons (Fsp3) is 0.200. The number of hydrogen-bond donors (Lipinski definition) is 2. The highest BCUT2D eigenvalue weighted by Crippen LogP contribution is 2.23. The number of anilines is 1. The lowest BCUT2D eigenvalue weighted by atomic mass is 10.1. The molecule has 6 heteroatoms. The van der Waals surface area contributed by atoms with Crippen LogP contribution in [0.15, 0.2) is 53.4 Å². The van der Waals surface area contributed by atoms with E-state index in [0.717, 1.165) is 5.56 Å². The first-order valence-electron chi connectivity index (χ1n) is 6.50. The monoisotopic (exact) mass is 324 g/mol. The zero-order valence-electron chi connectivity index (χ0n) is 11.6. The second-order valence-electron chi connectivity index (χ2n) is 4.90. The molecule has 0 radical (unpaired) electrons. The van der Waals surface area contributed by atoms with Crippen LogP contribution in [0.25, 0.3) is 0 Å². The molecule has 21 heavy (non-hydrogen) atoms. The van der Waals surface area contributed by atoms with Crippen molar-refractivity contribution in [3.05, 3.63) is 59.1 Å². The van der Waals surface area contributed by atoms with Crippen molar-refractivity contribution in [2.24, 2.45) is 0 Å². The Morgan fingerprint density at radius 2 is 1.86 bits per heavy atom. The number of nitrogen functional groups attached to an aromatic ring is 1. The lowest BCUT2D eigenvalue weighted by molar-refractivity contribution is 0.560. The van der Waals surface area contributed by atoms with Gasteiger partial charge in [0.15, 0.2) is 0 Å². The van der Waals surface area contributed by atoms with Crippen LogP contribution in [0.2, 0.25) is 5.02 Å². The van der Waals surface area contributed by atoms with E-state index in [1.54, 1.807) is 6.07 Å². The molecule has 2 rings (SSSR count). The summed E-state index contributed by atoms with van der Waals surface area (Å²) in [6.45, 7) is 1.81. The van der Waals surface area contributed by atoms with Crippen molar-refractivity contribution >= 4 is 27.3 Å². The highest BCUT2D eigenvalue weighted by molar-refractivity contribution is 7.89. The molecule has 0 saturated heterocycles. The zero-order valence-corrected chi connectivity index (χ0v) is 13.2. The molecule has 112 valence electrons. The molecule has 0 bridgehead atoms.